The number of benzene rings is 2. The van der Waals surface area contributed by atoms with E-state index in [2.05, 4.69) is 36.5 Å². The van der Waals surface area contributed by atoms with E-state index in [1.54, 1.807) is 0 Å². The lowest BCUT2D eigenvalue weighted by atomic mass is 10.0. The van der Waals surface area contributed by atoms with Crippen LogP contribution in [0.1, 0.15) is 35.9 Å². The van der Waals surface area contributed by atoms with E-state index in [-0.39, 0.29) is 18.2 Å². The zero-order valence-corrected chi connectivity index (χ0v) is 15.2. The summed E-state index contributed by atoms with van der Waals surface area (Å²) < 4.78 is 5.65. The third-order valence-electron chi connectivity index (χ3n) is 4.44. The minimum Gasteiger partial charge on any atom is -1.00 e. The molecule has 132 valence electrons. The minimum absolute atomic E-state index is 0. The highest BCUT2D eigenvalue weighted by molar-refractivity contribution is 5.97. The molecule has 0 aliphatic carbocycles. The summed E-state index contributed by atoms with van der Waals surface area (Å²) in [4.78, 5) is 12.3. The third-order valence-corrected chi connectivity index (χ3v) is 4.44. The molecule has 0 spiro atoms. The van der Waals surface area contributed by atoms with Gasteiger partial charge in [-0.15, -0.1) is 0 Å². The SMILES string of the molecule is CCC(Cc1ccccc1)[NH2+]CCC(=O)c1cc2ccccc2o1.[Cl-]. The van der Waals surface area contributed by atoms with E-state index in [9.17, 15) is 4.79 Å². The summed E-state index contributed by atoms with van der Waals surface area (Å²) >= 11 is 0. The lowest BCUT2D eigenvalue weighted by Gasteiger charge is -2.13. The van der Waals surface area contributed by atoms with E-state index >= 15 is 0 Å². The van der Waals surface area contributed by atoms with Crippen molar-refractivity contribution in [2.75, 3.05) is 6.54 Å². The van der Waals surface area contributed by atoms with Gasteiger partial charge < -0.3 is 22.1 Å². The molecule has 1 aromatic heterocycles. The van der Waals surface area contributed by atoms with Crippen molar-refractivity contribution in [3.63, 3.8) is 0 Å². The topological polar surface area (TPSA) is 46.8 Å². The monoisotopic (exact) mass is 357 g/mol. The Morgan fingerprint density at radius 2 is 1.80 bits per heavy atom. The Morgan fingerprint density at radius 1 is 1.08 bits per heavy atom. The standard InChI is InChI=1S/C21H23NO2.ClH/c1-2-18(14-16-8-4-3-5-9-16)22-13-12-19(23)21-15-17-10-6-7-11-20(17)24-21;/h3-11,15,18,22H,2,12-14H2,1H3;1H. The van der Waals surface area contributed by atoms with Crippen LogP contribution in [0.4, 0.5) is 0 Å². The van der Waals surface area contributed by atoms with Gasteiger partial charge in [0.05, 0.1) is 19.0 Å². The Kier molecular flexibility index (Phi) is 7.23. The number of ketones is 1. The zero-order chi connectivity index (χ0) is 16.8. The molecule has 3 nitrogen and oxygen atoms in total. The summed E-state index contributed by atoms with van der Waals surface area (Å²) in [6.45, 7) is 2.99. The Morgan fingerprint density at radius 3 is 2.52 bits per heavy atom. The zero-order valence-electron chi connectivity index (χ0n) is 14.5. The summed E-state index contributed by atoms with van der Waals surface area (Å²) in [6.07, 6.45) is 2.63. The molecule has 4 heteroatoms. The van der Waals surface area contributed by atoms with Crippen LogP contribution in [-0.2, 0) is 6.42 Å². The highest BCUT2D eigenvalue weighted by atomic mass is 35.5. The number of Topliss-reactive ketones (excluding diaryl/α,β-unsaturated/α-hetero) is 1. The van der Waals surface area contributed by atoms with Crippen LogP contribution in [0.2, 0.25) is 0 Å². The molecule has 0 aliphatic rings. The number of halogens is 1. The van der Waals surface area contributed by atoms with E-state index in [1.807, 2.05) is 36.4 Å². The Labute approximate surface area is 154 Å². The van der Waals surface area contributed by atoms with Gasteiger partial charge in [-0.25, -0.2) is 0 Å². The first kappa shape index (κ1) is 19.2. The van der Waals surface area contributed by atoms with Gasteiger partial charge in [-0.05, 0) is 24.1 Å². The highest BCUT2D eigenvalue weighted by Gasteiger charge is 2.15. The maximum atomic E-state index is 12.3. The highest BCUT2D eigenvalue weighted by Crippen LogP contribution is 2.19. The number of carbonyl (C=O) groups is 1. The molecule has 3 aromatic rings. The molecule has 1 atom stereocenters. The number of quaternary nitrogens is 1. The van der Waals surface area contributed by atoms with Crippen LogP contribution in [0.5, 0.6) is 0 Å². The molecule has 0 fully saturated rings. The number of fused-ring (bicyclic) bond motifs is 1. The smallest absolute Gasteiger partial charge is 0.203 e. The molecule has 2 aromatic carbocycles. The van der Waals surface area contributed by atoms with Crippen LogP contribution in [-0.4, -0.2) is 18.4 Å². The van der Waals surface area contributed by atoms with Gasteiger partial charge in [0.15, 0.2) is 5.76 Å². The fraction of sp³-hybridized carbons (Fsp3) is 0.286. The van der Waals surface area contributed by atoms with Crippen LogP contribution in [0.25, 0.3) is 11.0 Å². The predicted molar refractivity (Wildman–Crippen MR) is 96.2 cm³/mol. The van der Waals surface area contributed by atoms with Gasteiger partial charge in [-0.1, -0.05) is 55.5 Å². The van der Waals surface area contributed by atoms with Crippen LogP contribution >= 0.6 is 0 Å². The Balaban J connectivity index is 0.00000225. The first-order valence-electron chi connectivity index (χ1n) is 8.65. The number of para-hydroxylation sites is 1. The van der Waals surface area contributed by atoms with Crippen molar-refractivity contribution in [1.29, 1.82) is 0 Å². The molecule has 0 bridgehead atoms. The van der Waals surface area contributed by atoms with Crippen molar-refractivity contribution in [3.05, 3.63) is 72.0 Å². The second kappa shape index (κ2) is 9.40. The molecule has 3 rings (SSSR count). The fourth-order valence-electron chi connectivity index (χ4n) is 3.00. The Bertz CT molecular complexity index is 765. The Hall–Kier alpha value is -2.10. The minimum atomic E-state index is 0. The number of furan rings is 1. The lowest BCUT2D eigenvalue weighted by molar-refractivity contribution is -0.688. The van der Waals surface area contributed by atoms with E-state index < -0.39 is 0 Å². The number of rotatable bonds is 8. The fourth-order valence-corrected chi connectivity index (χ4v) is 3.00. The van der Waals surface area contributed by atoms with Gasteiger partial charge in [-0.3, -0.25) is 4.79 Å². The molecule has 0 amide bonds. The van der Waals surface area contributed by atoms with Crippen LogP contribution in [0.15, 0.2) is 65.1 Å². The summed E-state index contributed by atoms with van der Waals surface area (Å²) in [7, 11) is 0. The quantitative estimate of drug-likeness (QED) is 0.600. The second-order valence-corrected chi connectivity index (χ2v) is 6.20. The summed E-state index contributed by atoms with van der Waals surface area (Å²) in [5, 5.41) is 3.27. The third kappa shape index (κ3) is 5.18. The normalized spacial score (nSPS) is 11.9. The van der Waals surface area contributed by atoms with Crippen LogP contribution < -0.4 is 17.7 Å². The average Bonchev–Trinajstić information content (AvgIpc) is 3.06. The van der Waals surface area contributed by atoms with Gasteiger partial charge in [0, 0.05) is 11.8 Å². The van der Waals surface area contributed by atoms with Crippen molar-refractivity contribution in [1.82, 2.24) is 0 Å². The van der Waals surface area contributed by atoms with Crippen molar-refractivity contribution in [2.24, 2.45) is 0 Å². The largest absolute Gasteiger partial charge is 1.00 e. The van der Waals surface area contributed by atoms with Gasteiger partial charge in [0.1, 0.15) is 5.58 Å². The van der Waals surface area contributed by atoms with E-state index in [4.69, 9.17) is 4.42 Å². The number of carbonyl (C=O) groups excluding carboxylic acids is 1. The predicted octanol–water partition coefficient (Wildman–Crippen LogP) is 0.594. The summed E-state index contributed by atoms with van der Waals surface area (Å²) in [5.41, 5.74) is 2.13. The molecular weight excluding hydrogens is 334 g/mol. The molecule has 1 unspecified atom stereocenters. The maximum Gasteiger partial charge on any atom is 0.203 e. The van der Waals surface area contributed by atoms with Crippen molar-refractivity contribution >= 4 is 16.8 Å². The molecular formula is C21H24ClNO2. The maximum absolute atomic E-state index is 12.3. The van der Waals surface area contributed by atoms with Crippen LogP contribution in [0, 0.1) is 0 Å². The summed E-state index contributed by atoms with van der Waals surface area (Å²) in [6, 6.07) is 20.6. The number of hydrogen-bond donors (Lipinski definition) is 1. The van der Waals surface area contributed by atoms with Gasteiger partial charge in [0.25, 0.3) is 0 Å². The van der Waals surface area contributed by atoms with E-state index in [0.717, 1.165) is 30.4 Å². The molecule has 0 radical (unpaired) electrons. The van der Waals surface area contributed by atoms with Crippen molar-refractivity contribution in [2.45, 2.75) is 32.2 Å². The van der Waals surface area contributed by atoms with Gasteiger partial charge >= 0.3 is 0 Å². The molecule has 25 heavy (non-hydrogen) atoms. The molecule has 0 saturated heterocycles. The van der Waals surface area contributed by atoms with Crippen LogP contribution in [0.3, 0.4) is 0 Å². The van der Waals surface area contributed by atoms with E-state index in [1.165, 1.54) is 5.56 Å². The number of hydrogen-bond acceptors (Lipinski definition) is 2. The van der Waals surface area contributed by atoms with Gasteiger partial charge in [0.2, 0.25) is 5.78 Å². The lowest BCUT2D eigenvalue weighted by Crippen LogP contribution is -3.00. The average molecular weight is 358 g/mol. The molecule has 0 saturated carbocycles. The van der Waals surface area contributed by atoms with Gasteiger partial charge in [-0.2, -0.15) is 0 Å². The first-order chi connectivity index (χ1) is 11.8. The summed E-state index contributed by atoms with van der Waals surface area (Å²) in [5.74, 6) is 0.553. The number of nitrogens with two attached hydrogens (primary N) is 1. The molecule has 0 aliphatic heterocycles. The second-order valence-electron chi connectivity index (χ2n) is 6.20. The van der Waals surface area contributed by atoms with E-state index in [0.29, 0.717) is 18.2 Å². The first-order valence-corrected chi connectivity index (χ1v) is 8.65. The van der Waals surface area contributed by atoms with Crippen molar-refractivity contribution in [3.8, 4) is 0 Å². The van der Waals surface area contributed by atoms with Crippen molar-refractivity contribution < 1.29 is 26.9 Å². The molecule has 2 N–H and O–H groups in total. The molecule has 1 heterocycles.